The number of ether oxygens (including phenoxy) is 2. The van der Waals surface area contributed by atoms with E-state index in [-0.39, 0.29) is 29.0 Å². The second-order valence-corrected chi connectivity index (χ2v) is 10.0. The number of rotatable bonds is 6. The summed E-state index contributed by atoms with van der Waals surface area (Å²) < 4.78 is 25.8. The van der Waals surface area contributed by atoms with Crippen LogP contribution in [0.15, 0.2) is 80.8 Å². The third-order valence-electron chi connectivity index (χ3n) is 5.45. The van der Waals surface area contributed by atoms with Crippen LogP contribution in [0.1, 0.15) is 16.7 Å². The molecule has 0 radical (unpaired) electrons. The SMILES string of the molecule is COc1cc(/C=C2\C(=N)N3N=C(c4ccccc4Cl)SC3=NC2=O)cc(Br)c1OCc1ccccc1F. The number of thioether (sulfide) groups is 1. The van der Waals surface area contributed by atoms with Gasteiger partial charge in [0.2, 0.25) is 5.17 Å². The number of aliphatic imine (C=N–C) groups is 1. The Balaban J connectivity index is 1.43. The molecule has 0 atom stereocenters. The Morgan fingerprint density at radius 2 is 1.95 bits per heavy atom. The molecule has 2 heterocycles. The largest absolute Gasteiger partial charge is 0.493 e. The maximum Gasteiger partial charge on any atom is 0.283 e. The van der Waals surface area contributed by atoms with Gasteiger partial charge in [-0.05, 0) is 63.6 Å². The molecule has 0 bridgehead atoms. The summed E-state index contributed by atoms with van der Waals surface area (Å²) in [5.41, 5.74) is 1.72. The van der Waals surface area contributed by atoms with Crippen molar-refractivity contribution in [1.29, 1.82) is 5.41 Å². The van der Waals surface area contributed by atoms with E-state index in [4.69, 9.17) is 26.5 Å². The van der Waals surface area contributed by atoms with Crippen molar-refractivity contribution in [2.24, 2.45) is 10.1 Å². The first-order chi connectivity index (χ1) is 17.9. The van der Waals surface area contributed by atoms with Crippen molar-refractivity contribution >= 4 is 67.3 Å². The van der Waals surface area contributed by atoms with Crippen LogP contribution in [-0.2, 0) is 11.4 Å². The number of hydrogen-bond acceptors (Lipinski definition) is 6. The summed E-state index contributed by atoms with van der Waals surface area (Å²) in [7, 11) is 1.48. The molecule has 2 aliphatic rings. The normalized spacial score (nSPS) is 16.0. The minimum atomic E-state index is -0.561. The molecule has 0 saturated heterocycles. The third-order valence-corrected chi connectivity index (χ3v) is 7.31. The summed E-state index contributed by atoms with van der Waals surface area (Å²) in [5, 5.41) is 15.8. The fraction of sp³-hybridized carbons (Fsp3) is 0.0769. The van der Waals surface area contributed by atoms with Crippen LogP contribution >= 0.6 is 39.3 Å². The van der Waals surface area contributed by atoms with Crippen molar-refractivity contribution < 1.29 is 18.7 Å². The first-order valence-corrected chi connectivity index (χ1v) is 12.8. The van der Waals surface area contributed by atoms with Gasteiger partial charge >= 0.3 is 0 Å². The Morgan fingerprint density at radius 3 is 2.70 bits per heavy atom. The number of methoxy groups -OCH3 is 1. The fourth-order valence-electron chi connectivity index (χ4n) is 3.63. The Kier molecular flexibility index (Phi) is 7.14. The van der Waals surface area contributed by atoms with Crippen LogP contribution in [0.5, 0.6) is 11.5 Å². The number of hydrogen-bond donors (Lipinski definition) is 1. The smallest absolute Gasteiger partial charge is 0.283 e. The summed E-state index contributed by atoms with van der Waals surface area (Å²) in [4.78, 5) is 17.0. The van der Waals surface area contributed by atoms with Crippen molar-refractivity contribution in [2.75, 3.05) is 7.11 Å². The lowest BCUT2D eigenvalue weighted by molar-refractivity contribution is -0.114. The second kappa shape index (κ2) is 10.5. The van der Waals surface area contributed by atoms with E-state index in [9.17, 15) is 9.18 Å². The van der Waals surface area contributed by atoms with Gasteiger partial charge in [-0.1, -0.05) is 48.0 Å². The molecule has 0 saturated carbocycles. The summed E-state index contributed by atoms with van der Waals surface area (Å²) >= 11 is 10.9. The molecule has 2 aliphatic heterocycles. The Morgan fingerprint density at radius 1 is 1.19 bits per heavy atom. The van der Waals surface area contributed by atoms with Crippen molar-refractivity contribution in [1.82, 2.24) is 5.01 Å². The Hall–Kier alpha value is -3.47. The molecular formula is C26H17BrClFN4O3S. The Bertz CT molecular complexity index is 1540. The van der Waals surface area contributed by atoms with Crippen LogP contribution in [0.25, 0.3) is 6.08 Å². The lowest BCUT2D eigenvalue weighted by atomic mass is 10.1. The van der Waals surface area contributed by atoms with Crippen molar-refractivity contribution in [3.8, 4) is 11.5 Å². The number of benzene rings is 3. The highest BCUT2D eigenvalue weighted by Crippen LogP contribution is 2.39. The van der Waals surface area contributed by atoms with E-state index in [1.165, 1.54) is 36.0 Å². The van der Waals surface area contributed by atoms with Crippen LogP contribution in [0.4, 0.5) is 4.39 Å². The quantitative estimate of drug-likeness (QED) is 0.327. The lowest BCUT2D eigenvalue weighted by Gasteiger charge is -2.20. The average molecular weight is 600 g/mol. The molecular weight excluding hydrogens is 583 g/mol. The number of nitrogens with zero attached hydrogens (tertiary/aromatic N) is 3. The molecule has 1 amide bonds. The number of carbonyl (C=O) groups is 1. The van der Waals surface area contributed by atoms with E-state index in [1.54, 1.807) is 36.4 Å². The fourth-order valence-corrected chi connectivity index (χ4v) is 5.42. The number of fused-ring (bicyclic) bond motifs is 1. The van der Waals surface area contributed by atoms with Crippen LogP contribution in [0.2, 0.25) is 5.02 Å². The molecule has 0 fully saturated rings. The van der Waals surface area contributed by atoms with E-state index >= 15 is 0 Å². The van der Waals surface area contributed by atoms with Crippen LogP contribution in [0, 0.1) is 11.2 Å². The zero-order chi connectivity index (χ0) is 26.1. The average Bonchev–Trinajstić information content (AvgIpc) is 3.30. The minimum absolute atomic E-state index is 0.00108. The van der Waals surface area contributed by atoms with E-state index in [0.29, 0.717) is 42.7 Å². The number of hydrazone groups is 1. The molecule has 0 aliphatic carbocycles. The van der Waals surface area contributed by atoms with Gasteiger partial charge in [-0.3, -0.25) is 10.2 Å². The van der Waals surface area contributed by atoms with Gasteiger partial charge in [-0.2, -0.15) is 15.1 Å². The van der Waals surface area contributed by atoms with Crippen LogP contribution < -0.4 is 9.47 Å². The molecule has 11 heteroatoms. The summed E-state index contributed by atoms with van der Waals surface area (Å²) in [6.45, 7) is 0.00108. The summed E-state index contributed by atoms with van der Waals surface area (Å²) in [6.07, 6.45) is 1.53. The number of carbonyl (C=O) groups excluding carboxylic acids is 1. The van der Waals surface area contributed by atoms with Crippen LogP contribution in [0.3, 0.4) is 0 Å². The zero-order valence-electron chi connectivity index (χ0n) is 19.2. The highest BCUT2D eigenvalue weighted by atomic mass is 79.9. The number of amidine groups is 2. The standard InChI is InChI=1S/C26H17BrClFN4O3S/c1-35-21-12-14(11-18(27)22(21)36-13-15-6-2-5-9-20(15)29)10-17-23(30)33-26(31-24(17)34)37-25(32-33)16-7-3-4-8-19(16)28/h2-12,30H,13H2,1H3/b17-10+,30-23?. The molecule has 0 unspecified atom stereocenters. The molecule has 3 aromatic rings. The molecule has 5 rings (SSSR count). The third kappa shape index (κ3) is 5.04. The molecule has 1 N–H and O–H groups in total. The lowest BCUT2D eigenvalue weighted by Crippen LogP contribution is -2.35. The highest BCUT2D eigenvalue weighted by Gasteiger charge is 2.36. The van der Waals surface area contributed by atoms with Crippen molar-refractivity contribution in [3.63, 3.8) is 0 Å². The van der Waals surface area contributed by atoms with E-state index in [2.05, 4.69) is 26.0 Å². The van der Waals surface area contributed by atoms with Gasteiger partial charge in [-0.15, -0.1) is 0 Å². The highest BCUT2D eigenvalue weighted by molar-refractivity contribution is 9.10. The van der Waals surface area contributed by atoms with Crippen LogP contribution in [-0.4, -0.2) is 34.1 Å². The number of nitrogens with one attached hydrogen (secondary N) is 1. The zero-order valence-corrected chi connectivity index (χ0v) is 22.3. The molecule has 37 heavy (non-hydrogen) atoms. The molecule has 0 spiro atoms. The van der Waals surface area contributed by atoms with Gasteiger partial charge in [-0.25, -0.2) is 4.39 Å². The van der Waals surface area contributed by atoms with Gasteiger partial charge in [0.15, 0.2) is 17.3 Å². The van der Waals surface area contributed by atoms with Gasteiger partial charge < -0.3 is 9.47 Å². The first-order valence-electron chi connectivity index (χ1n) is 10.8. The van der Waals surface area contributed by atoms with Gasteiger partial charge in [0.1, 0.15) is 17.5 Å². The summed E-state index contributed by atoms with van der Waals surface area (Å²) in [5.74, 6) is -0.294. The molecule has 3 aromatic carbocycles. The van der Waals surface area contributed by atoms with E-state index in [1.807, 2.05) is 18.2 Å². The maximum absolute atomic E-state index is 14.0. The topological polar surface area (TPSA) is 87.3 Å². The van der Waals surface area contributed by atoms with E-state index < -0.39 is 5.91 Å². The summed E-state index contributed by atoms with van der Waals surface area (Å²) in [6, 6.07) is 16.9. The predicted octanol–water partition coefficient (Wildman–Crippen LogP) is 6.50. The van der Waals surface area contributed by atoms with Gasteiger partial charge in [0.25, 0.3) is 5.91 Å². The monoisotopic (exact) mass is 598 g/mol. The number of amides is 1. The van der Waals surface area contributed by atoms with Crippen molar-refractivity contribution in [2.45, 2.75) is 6.61 Å². The Labute approximate surface area is 229 Å². The molecule has 0 aromatic heterocycles. The first kappa shape index (κ1) is 25.2. The van der Waals surface area contributed by atoms with E-state index in [0.717, 1.165) is 0 Å². The minimum Gasteiger partial charge on any atom is -0.493 e. The van der Waals surface area contributed by atoms with Gasteiger partial charge in [0, 0.05) is 11.1 Å². The second-order valence-electron chi connectivity index (χ2n) is 7.82. The van der Waals surface area contributed by atoms with Crippen molar-refractivity contribution in [3.05, 3.63) is 98.2 Å². The number of halogens is 3. The molecule has 186 valence electrons. The predicted molar refractivity (Wildman–Crippen MR) is 147 cm³/mol. The maximum atomic E-state index is 14.0. The van der Waals surface area contributed by atoms with Gasteiger partial charge in [0.05, 0.1) is 22.2 Å². The molecule has 7 nitrogen and oxygen atoms in total.